The summed E-state index contributed by atoms with van der Waals surface area (Å²) < 4.78 is 5.31. The first-order valence-corrected chi connectivity index (χ1v) is 9.40. The molecule has 1 atom stereocenters. The molecule has 28 heavy (non-hydrogen) atoms. The molecule has 0 bridgehead atoms. The van der Waals surface area contributed by atoms with Crippen LogP contribution in [-0.4, -0.2) is 46.0 Å². The number of aromatic nitrogens is 3. The van der Waals surface area contributed by atoms with E-state index in [1.807, 2.05) is 35.4 Å². The van der Waals surface area contributed by atoms with Gasteiger partial charge in [0.15, 0.2) is 0 Å². The molecule has 3 heterocycles. The van der Waals surface area contributed by atoms with Gasteiger partial charge in [0.2, 0.25) is 0 Å². The molecule has 0 N–H and O–H groups in total. The van der Waals surface area contributed by atoms with E-state index in [4.69, 9.17) is 9.72 Å². The van der Waals surface area contributed by atoms with Crippen LogP contribution in [0.2, 0.25) is 0 Å². The molecule has 6 heteroatoms. The van der Waals surface area contributed by atoms with Crippen molar-refractivity contribution in [3.05, 3.63) is 72.4 Å². The van der Waals surface area contributed by atoms with E-state index in [-0.39, 0.29) is 11.8 Å². The minimum absolute atomic E-state index is 0.0454. The topological polar surface area (TPSA) is 68.2 Å². The molecule has 1 fully saturated rings. The minimum Gasteiger partial charge on any atom is -0.497 e. The Balaban J connectivity index is 1.55. The summed E-state index contributed by atoms with van der Waals surface area (Å²) in [4.78, 5) is 27.9. The highest BCUT2D eigenvalue weighted by molar-refractivity contribution is 5.94. The van der Waals surface area contributed by atoms with Gasteiger partial charge in [0.25, 0.3) is 5.91 Å². The van der Waals surface area contributed by atoms with Crippen molar-refractivity contribution in [1.82, 2.24) is 19.9 Å². The highest BCUT2D eigenvalue weighted by Gasteiger charge is 2.26. The van der Waals surface area contributed by atoms with Crippen LogP contribution in [-0.2, 0) is 0 Å². The molecule has 1 saturated heterocycles. The van der Waals surface area contributed by atoms with E-state index in [2.05, 4.69) is 9.97 Å². The number of rotatable bonds is 4. The van der Waals surface area contributed by atoms with Crippen LogP contribution in [0.5, 0.6) is 5.75 Å². The number of ether oxygens (including phenoxy) is 1. The molecule has 0 spiro atoms. The molecule has 0 saturated carbocycles. The van der Waals surface area contributed by atoms with Crippen LogP contribution in [0.3, 0.4) is 0 Å². The molecule has 6 nitrogen and oxygen atoms in total. The number of methoxy groups -OCH3 is 1. The number of hydrogen-bond donors (Lipinski definition) is 0. The average Bonchev–Trinajstić information content (AvgIpc) is 2.79. The Hall–Kier alpha value is -3.28. The number of likely N-dealkylation sites (tertiary alicyclic amines) is 1. The first kappa shape index (κ1) is 18.1. The van der Waals surface area contributed by atoms with Crippen LogP contribution in [0.1, 0.15) is 34.8 Å². The number of amides is 1. The van der Waals surface area contributed by atoms with Gasteiger partial charge in [-0.05, 0) is 37.1 Å². The zero-order valence-corrected chi connectivity index (χ0v) is 15.8. The second-order valence-electron chi connectivity index (χ2n) is 6.89. The Kier molecular flexibility index (Phi) is 5.28. The summed E-state index contributed by atoms with van der Waals surface area (Å²) in [5.74, 6) is 1.01. The maximum Gasteiger partial charge on any atom is 0.253 e. The van der Waals surface area contributed by atoms with E-state index in [1.165, 1.54) is 0 Å². The molecule has 0 aliphatic carbocycles. The fourth-order valence-corrected chi connectivity index (χ4v) is 3.58. The van der Waals surface area contributed by atoms with Gasteiger partial charge in [0.1, 0.15) is 5.75 Å². The highest BCUT2D eigenvalue weighted by Crippen LogP contribution is 2.28. The maximum absolute atomic E-state index is 12.8. The molecule has 1 unspecified atom stereocenters. The molecular formula is C22H22N4O2. The quantitative estimate of drug-likeness (QED) is 0.698. The standard InChI is InChI=1S/C22H22N4O2/c1-28-19-6-2-4-17(12-19)20-13-24-14-21(25-20)18-5-3-11-26(15-18)22(27)16-7-9-23-10-8-16/h2,4,6-10,12-14,18H,3,5,11,15H2,1H3. The van der Waals surface area contributed by atoms with E-state index in [0.717, 1.165) is 42.1 Å². The van der Waals surface area contributed by atoms with Crippen molar-refractivity contribution >= 4 is 5.91 Å². The van der Waals surface area contributed by atoms with Crippen molar-refractivity contribution in [2.45, 2.75) is 18.8 Å². The predicted molar refractivity (Wildman–Crippen MR) is 106 cm³/mol. The molecular weight excluding hydrogens is 352 g/mol. The van der Waals surface area contributed by atoms with Gasteiger partial charge >= 0.3 is 0 Å². The number of piperidine rings is 1. The minimum atomic E-state index is 0.0454. The van der Waals surface area contributed by atoms with Crippen molar-refractivity contribution in [3.63, 3.8) is 0 Å². The van der Waals surface area contributed by atoms with Crippen molar-refractivity contribution in [1.29, 1.82) is 0 Å². The number of hydrogen-bond acceptors (Lipinski definition) is 5. The van der Waals surface area contributed by atoms with Crippen LogP contribution in [0.4, 0.5) is 0 Å². The third-order valence-electron chi connectivity index (χ3n) is 5.07. The Morgan fingerprint density at radius 3 is 2.82 bits per heavy atom. The van der Waals surface area contributed by atoms with Gasteiger partial charge in [0, 0.05) is 48.7 Å². The summed E-state index contributed by atoms with van der Waals surface area (Å²) in [5.41, 5.74) is 3.38. The van der Waals surface area contributed by atoms with E-state index >= 15 is 0 Å². The molecule has 1 aliphatic heterocycles. The summed E-state index contributed by atoms with van der Waals surface area (Å²) in [6.45, 7) is 1.41. The summed E-state index contributed by atoms with van der Waals surface area (Å²) >= 11 is 0. The predicted octanol–water partition coefficient (Wildman–Crippen LogP) is 3.57. The van der Waals surface area contributed by atoms with Gasteiger partial charge in [-0.2, -0.15) is 0 Å². The lowest BCUT2D eigenvalue weighted by atomic mass is 9.94. The number of carbonyl (C=O) groups is 1. The Bertz CT molecular complexity index is 962. The monoisotopic (exact) mass is 374 g/mol. The average molecular weight is 374 g/mol. The summed E-state index contributed by atoms with van der Waals surface area (Å²) in [6.07, 6.45) is 8.83. The number of carbonyl (C=O) groups excluding carboxylic acids is 1. The maximum atomic E-state index is 12.8. The first-order valence-electron chi connectivity index (χ1n) is 9.40. The molecule has 4 rings (SSSR count). The molecule has 1 amide bonds. The van der Waals surface area contributed by atoms with Crippen LogP contribution < -0.4 is 4.74 Å². The number of pyridine rings is 1. The molecule has 1 aromatic carbocycles. The van der Waals surface area contributed by atoms with Crippen LogP contribution in [0.15, 0.2) is 61.2 Å². The fraction of sp³-hybridized carbons (Fsp3) is 0.273. The third kappa shape index (κ3) is 3.86. The van der Waals surface area contributed by atoms with Gasteiger partial charge in [-0.1, -0.05) is 12.1 Å². The lowest BCUT2D eigenvalue weighted by molar-refractivity contribution is 0.0705. The lowest BCUT2D eigenvalue weighted by Crippen LogP contribution is -2.39. The number of nitrogens with zero attached hydrogens (tertiary/aromatic N) is 4. The second-order valence-corrected chi connectivity index (χ2v) is 6.89. The molecule has 2 aromatic heterocycles. The van der Waals surface area contributed by atoms with E-state index < -0.39 is 0 Å². The van der Waals surface area contributed by atoms with E-state index in [0.29, 0.717) is 12.1 Å². The summed E-state index contributed by atoms with van der Waals surface area (Å²) in [7, 11) is 1.65. The zero-order chi connectivity index (χ0) is 19.3. The van der Waals surface area contributed by atoms with Crippen LogP contribution >= 0.6 is 0 Å². The van der Waals surface area contributed by atoms with E-state index in [1.54, 1.807) is 37.8 Å². The normalized spacial score (nSPS) is 16.6. The third-order valence-corrected chi connectivity index (χ3v) is 5.07. The Labute approximate surface area is 164 Å². The SMILES string of the molecule is COc1cccc(-c2cncc(C3CCCN(C(=O)c4ccncc4)C3)n2)c1. The van der Waals surface area contributed by atoms with Crippen molar-refractivity contribution in [2.75, 3.05) is 20.2 Å². The van der Waals surface area contributed by atoms with E-state index in [9.17, 15) is 4.79 Å². The molecule has 1 aliphatic rings. The summed E-state index contributed by atoms with van der Waals surface area (Å²) in [6, 6.07) is 11.3. The first-order chi connectivity index (χ1) is 13.7. The van der Waals surface area contributed by atoms with Crippen molar-refractivity contribution in [3.8, 4) is 17.0 Å². The van der Waals surface area contributed by atoms with Crippen LogP contribution in [0.25, 0.3) is 11.3 Å². The Morgan fingerprint density at radius 1 is 1.14 bits per heavy atom. The highest BCUT2D eigenvalue weighted by atomic mass is 16.5. The van der Waals surface area contributed by atoms with Crippen molar-refractivity contribution < 1.29 is 9.53 Å². The smallest absolute Gasteiger partial charge is 0.253 e. The lowest BCUT2D eigenvalue weighted by Gasteiger charge is -2.32. The molecule has 142 valence electrons. The molecule has 0 radical (unpaired) electrons. The van der Waals surface area contributed by atoms with Gasteiger partial charge in [-0.25, -0.2) is 4.98 Å². The van der Waals surface area contributed by atoms with Gasteiger partial charge in [-0.15, -0.1) is 0 Å². The van der Waals surface area contributed by atoms with Gasteiger partial charge in [0.05, 0.1) is 24.7 Å². The second kappa shape index (κ2) is 8.17. The number of benzene rings is 1. The largest absolute Gasteiger partial charge is 0.497 e. The van der Waals surface area contributed by atoms with Crippen LogP contribution in [0, 0.1) is 0 Å². The summed E-state index contributed by atoms with van der Waals surface area (Å²) in [5, 5.41) is 0. The van der Waals surface area contributed by atoms with Gasteiger partial charge < -0.3 is 9.64 Å². The fourth-order valence-electron chi connectivity index (χ4n) is 3.58. The zero-order valence-electron chi connectivity index (χ0n) is 15.8. The van der Waals surface area contributed by atoms with Crippen molar-refractivity contribution in [2.24, 2.45) is 0 Å². The Morgan fingerprint density at radius 2 is 2.00 bits per heavy atom. The molecule has 3 aromatic rings. The van der Waals surface area contributed by atoms with Gasteiger partial charge in [-0.3, -0.25) is 14.8 Å².